The van der Waals surface area contributed by atoms with E-state index >= 15 is 0 Å². The third kappa shape index (κ3) is 2.05. The Labute approximate surface area is 120 Å². The summed E-state index contributed by atoms with van der Waals surface area (Å²) in [5.41, 5.74) is 1.60. The quantitative estimate of drug-likeness (QED) is 0.781. The molecule has 20 heavy (non-hydrogen) atoms. The van der Waals surface area contributed by atoms with Gasteiger partial charge in [-0.25, -0.2) is 13.9 Å². The normalized spacial score (nSPS) is 10.9. The standard InChI is InChI=1S/C13H7BrFN3O2/c14-9-3-2-8(15)6-11(9)18-12-5-7(13(19)20)1-4-10(12)16-17-18/h1-6H,(H,19,20). The van der Waals surface area contributed by atoms with Gasteiger partial charge in [-0.1, -0.05) is 5.21 Å². The van der Waals surface area contributed by atoms with Crippen molar-refractivity contribution >= 4 is 32.9 Å². The topological polar surface area (TPSA) is 68.0 Å². The molecule has 0 fully saturated rings. The molecule has 2 aromatic carbocycles. The number of fused-ring (bicyclic) bond motifs is 1. The van der Waals surface area contributed by atoms with E-state index in [0.717, 1.165) is 0 Å². The van der Waals surface area contributed by atoms with Crippen LogP contribution in [0.4, 0.5) is 4.39 Å². The van der Waals surface area contributed by atoms with Gasteiger partial charge in [0.1, 0.15) is 11.3 Å². The molecular formula is C13H7BrFN3O2. The predicted molar refractivity (Wildman–Crippen MR) is 73.5 cm³/mol. The van der Waals surface area contributed by atoms with Gasteiger partial charge in [0.25, 0.3) is 0 Å². The van der Waals surface area contributed by atoms with E-state index in [9.17, 15) is 9.18 Å². The Hall–Kier alpha value is -2.28. The molecule has 0 saturated heterocycles. The van der Waals surface area contributed by atoms with Gasteiger partial charge in [-0.15, -0.1) is 5.10 Å². The van der Waals surface area contributed by atoms with E-state index in [4.69, 9.17) is 5.11 Å². The molecule has 5 nitrogen and oxygen atoms in total. The number of aromatic nitrogens is 3. The summed E-state index contributed by atoms with van der Waals surface area (Å²) in [5, 5.41) is 16.9. The number of carboxylic acid groups (broad SMARTS) is 1. The Morgan fingerprint density at radius 1 is 1.25 bits per heavy atom. The van der Waals surface area contributed by atoms with E-state index < -0.39 is 11.8 Å². The Kier molecular flexibility index (Phi) is 2.98. The molecule has 0 aliphatic carbocycles. The maximum atomic E-state index is 13.4. The molecular weight excluding hydrogens is 329 g/mol. The van der Waals surface area contributed by atoms with Crippen molar-refractivity contribution in [2.75, 3.05) is 0 Å². The largest absolute Gasteiger partial charge is 0.478 e. The van der Waals surface area contributed by atoms with Crippen molar-refractivity contribution in [2.45, 2.75) is 0 Å². The minimum atomic E-state index is -1.04. The van der Waals surface area contributed by atoms with E-state index in [2.05, 4.69) is 26.2 Å². The van der Waals surface area contributed by atoms with Gasteiger partial charge in [0.05, 0.1) is 16.8 Å². The molecule has 0 saturated carbocycles. The second-order valence-corrected chi connectivity index (χ2v) is 4.96. The molecule has 0 bridgehead atoms. The summed E-state index contributed by atoms with van der Waals surface area (Å²) < 4.78 is 15.4. The van der Waals surface area contributed by atoms with E-state index in [1.54, 1.807) is 12.1 Å². The van der Waals surface area contributed by atoms with Crippen LogP contribution in [-0.2, 0) is 0 Å². The number of benzene rings is 2. The zero-order chi connectivity index (χ0) is 14.3. The summed E-state index contributed by atoms with van der Waals surface area (Å²) in [4.78, 5) is 11.0. The first kappa shape index (κ1) is 12.7. The van der Waals surface area contributed by atoms with Crippen LogP contribution in [0, 0.1) is 5.82 Å². The van der Waals surface area contributed by atoms with Crippen molar-refractivity contribution in [1.82, 2.24) is 15.0 Å². The maximum Gasteiger partial charge on any atom is 0.335 e. The van der Waals surface area contributed by atoms with Crippen molar-refractivity contribution in [3.05, 3.63) is 52.3 Å². The van der Waals surface area contributed by atoms with Crippen LogP contribution in [0.15, 0.2) is 40.9 Å². The first-order valence-corrected chi connectivity index (χ1v) is 6.40. The van der Waals surface area contributed by atoms with Crippen LogP contribution in [0.3, 0.4) is 0 Å². The Balaban J connectivity index is 2.28. The summed E-state index contributed by atoms with van der Waals surface area (Å²) >= 11 is 3.31. The lowest BCUT2D eigenvalue weighted by Crippen LogP contribution is -2.00. The molecule has 3 aromatic rings. The van der Waals surface area contributed by atoms with Gasteiger partial charge in [-0.05, 0) is 46.3 Å². The van der Waals surface area contributed by atoms with Crippen LogP contribution in [0.25, 0.3) is 16.7 Å². The average molecular weight is 336 g/mol. The van der Waals surface area contributed by atoms with Crippen LogP contribution >= 0.6 is 15.9 Å². The molecule has 0 spiro atoms. The lowest BCUT2D eigenvalue weighted by atomic mass is 10.2. The maximum absolute atomic E-state index is 13.4. The third-order valence-corrected chi connectivity index (χ3v) is 3.50. The molecule has 7 heteroatoms. The third-order valence-electron chi connectivity index (χ3n) is 2.83. The van der Waals surface area contributed by atoms with Crippen molar-refractivity contribution in [3.8, 4) is 5.69 Å². The second-order valence-electron chi connectivity index (χ2n) is 4.11. The van der Waals surface area contributed by atoms with Gasteiger partial charge in [0, 0.05) is 10.5 Å². The zero-order valence-electron chi connectivity index (χ0n) is 9.92. The van der Waals surface area contributed by atoms with Crippen molar-refractivity contribution in [2.24, 2.45) is 0 Å². The number of carboxylic acids is 1. The lowest BCUT2D eigenvalue weighted by Gasteiger charge is -2.05. The minimum Gasteiger partial charge on any atom is -0.478 e. The summed E-state index contributed by atoms with van der Waals surface area (Å²) in [5.74, 6) is -1.46. The molecule has 100 valence electrons. The van der Waals surface area contributed by atoms with Gasteiger partial charge in [-0.3, -0.25) is 0 Å². The molecule has 3 rings (SSSR count). The Morgan fingerprint density at radius 2 is 2.05 bits per heavy atom. The van der Waals surface area contributed by atoms with Crippen molar-refractivity contribution < 1.29 is 14.3 Å². The van der Waals surface area contributed by atoms with Gasteiger partial charge < -0.3 is 5.11 Å². The van der Waals surface area contributed by atoms with Gasteiger partial charge in [-0.2, -0.15) is 0 Å². The first-order valence-electron chi connectivity index (χ1n) is 5.60. The van der Waals surface area contributed by atoms with Gasteiger partial charge >= 0.3 is 5.97 Å². The molecule has 1 N–H and O–H groups in total. The molecule has 0 aliphatic rings. The molecule has 0 aliphatic heterocycles. The van der Waals surface area contributed by atoms with Crippen LogP contribution in [0.5, 0.6) is 0 Å². The number of rotatable bonds is 2. The molecule has 0 radical (unpaired) electrons. The Bertz CT molecular complexity index is 832. The van der Waals surface area contributed by atoms with Crippen LogP contribution in [0.2, 0.25) is 0 Å². The fraction of sp³-hybridized carbons (Fsp3) is 0. The highest BCUT2D eigenvalue weighted by Gasteiger charge is 2.13. The molecule has 0 unspecified atom stereocenters. The fourth-order valence-electron chi connectivity index (χ4n) is 1.88. The first-order chi connectivity index (χ1) is 9.56. The number of hydrogen-bond acceptors (Lipinski definition) is 3. The minimum absolute atomic E-state index is 0.119. The highest BCUT2D eigenvalue weighted by atomic mass is 79.9. The summed E-state index contributed by atoms with van der Waals surface area (Å²) in [6.45, 7) is 0. The number of aromatic carboxylic acids is 1. The second kappa shape index (κ2) is 4.68. The van der Waals surface area contributed by atoms with E-state index in [1.807, 2.05) is 0 Å². The van der Waals surface area contributed by atoms with Crippen LogP contribution < -0.4 is 0 Å². The Morgan fingerprint density at radius 3 is 2.80 bits per heavy atom. The van der Waals surface area contributed by atoms with Gasteiger partial charge in [0.15, 0.2) is 0 Å². The number of nitrogens with zero attached hydrogens (tertiary/aromatic N) is 3. The monoisotopic (exact) mass is 335 g/mol. The van der Waals surface area contributed by atoms with Crippen molar-refractivity contribution in [3.63, 3.8) is 0 Å². The van der Waals surface area contributed by atoms with E-state index in [1.165, 1.54) is 28.9 Å². The summed E-state index contributed by atoms with van der Waals surface area (Å²) in [6.07, 6.45) is 0. The highest BCUT2D eigenvalue weighted by Crippen LogP contribution is 2.25. The number of halogens is 2. The van der Waals surface area contributed by atoms with Gasteiger partial charge in [0.2, 0.25) is 0 Å². The zero-order valence-corrected chi connectivity index (χ0v) is 11.5. The number of carbonyl (C=O) groups is 1. The molecule has 1 heterocycles. The smallest absolute Gasteiger partial charge is 0.335 e. The molecule has 1 aromatic heterocycles. The molecule has 0 amide bonds. The predicted octanol–water partition coefficient (Wildman–Crippen LogP) is 3.02. The SMILES string of the molecule is O=C(O)c1ccc2nnn(-c3cc(F)ccc3Br)c2c1. The molecule has 0 atom stereocenters. The van der Waals surface area contributed by atoms with Crippen molar-refractivity contribution in [1.29, 1.82) is 0 Å². The van der Waals surface area contributed by atoms with Crippen LogP contribution in [0.1, 0.15) is 10.4 Å². The summed E-state index contributed by atoms with van der Waals surface area (Å²) in [6, 6.07) is 8.63. The van der Waals surface area contributed by atoms with Crippen LogP contribution in [-0.4, -0.2) is 26.1 Å². The fourth-order valence-corrected chi connectivity index (χ4v) is 2.29. The average Bonchev–Trinajstić information content (AvgIpc) is 2.84. The summed E-state index contributed by atoms with van der Waals surface area (Å²) in [7, 11) is 0. The lowest BCUT2D eigenvalue weighted by molar-refractivity contribution is 0.0697. The van der Waals surface area contributed by atoms with E-state index in [-0.39, 0.29) is 5.56 Å². The number of hydrogen-bond donors (Lipinski definition) is 1. The van der Waals surface area contributed by atoms with E-state index in [0.29, 0.717) is 21.2 Å². The highest BCUT2D eigenvalue weighted by molar-refractivity contribution is 9.10.